The summed E-state index contributed by atoms with van der Waals surface area (Å²) in [6.45, 7) is 4.85. The molecule has 1 unspecified atom stereocenters. The van der Waals surface area contributed by atoms with Crippen LogP contribution in [0.3, 0.4) is 0 Å². The molecule has 3 rings (SSSR count). The van der Waals surface area contributed by atoms with Crippen LogP contribution in [0, 0.1) is 0 Å². The van der Waals surface area contributed by atoms with Crippen molar-refractivity contribution >= 4 is 28.8 Å². The van der Waals surface area contributed by atoms with Crippen molar-refractivity contribution in [3.63, 3.8) is 0 Å². The second-order valence-corrected chi connectivity index (χ2v) is 7.13. The molecular weight excluding hydrogens is 328 g/mol. The van der Waals surface area contributed by atoms with Gasteiger partial charge >= 0.3 is 0 Å². The minimum absolute atomic E-state index is 0.0827. The summed E-state index contributed by atoms with van der Waals surface area (Å²) in [6, 6.07) is 6.85. The molecule has 0 aromatic heterocycles. The van der Waals surface area contributed by atoms with Crippen LogP contribution < -0.4 is 4.74 Å². The first-order chi connectivity index (χ1) is 11.5. The van der Waals surface area contributed by atoms with Crippen molar-refractivity contribution in [3.05, 3.63) is 29.8 Å². The lowest BCUT2D eigenvalue weighted by Crippen LogP contribution is -2.41. The van der Waals surface area contributed by atoms with Crippen LogP contribution in [0.4, 0.5) is 4.79 Å². The molecular formula is C17H20N2O4S. The van der Waals surface area contributed by atoms with Crippen LogP contribution in [0.5, 0.6) is 5.75 Å². The molecule has 0 aliphatic carbocycles. The van der Waals surface area contributed by atoms with Crippen LogP contribution in [-0.2, 0) is 4.79 Å². The minimum atomic E-state index is -0.201. The minimum Gasteiger partial charge on any atom is -0.491 e. The van der Waals surface area contributed by atoms with E-state index in [4.69, 9.17) is 4.74 Å². The van der Waals surface area contributed by atoms with E-state index < -0.39 is 0 Å². The number of benzene rings is 1. The maximum absolute atomic E-state index is 12.6. The Balaban J connectivity index is 1.64. The van der Waals surface area contributed by atoms with Gasteiger partial charge in [0.25, 0.3) is 11.1 Å². The highest BCUT2D eigenvalue weighted by Crippen LogP contribution is 2.27. The fourth-order valence-corrected chi connectivity index (χ4v) is 3.76. The monoisotopic (exact) mass is 348 g/mol. The summed E-state index contributed by atoms with van der Waals surface area (Å²) in [6.07, 6.45) is 0.720. The van der Waals surface area contributed by atoms with Gasteiger partial charge < -0.3 is 9.64 Å². The molecule has 2 heterocycles. The highest BCUT2D eigenvalue weighted by Gasteiger charge is 2.40. The summed E-state index contributed by atoms with van der Waals surface area (Å²) in [5.74, 6) is 0.701. The van der Waals surface area contributed by atoms with E-state index in [1.165, 1.54) is 4.90 Å². The first-order valence-corrected chi connectivity index (χ1v) is 8.99. The Bertz CT molecular complexity index is 643. The third kappa shape index (κ3) is 3.40. The molecule has 2 saturated heterocycles. The summed E-state index contributed by atoms with van der Waals surface area (Å²) in [5.41, 5.74) is 0.584. The van der Waals surface area contributed by atoms with Gasteiger partial charge in [0.15, 0.2) is 0 Å². The van der Waals surface area contributed by atoms with E-state index in [2.05, 4.69) is 0 Å². The first kappa shape index (κ1) is 16.8. The lowest BCUT2D eigenvalue weighted by Gasteiger charge is -2.22. The predicted molar refractivity (Wildman–Crippen MR) is 91.2 cm³/mol. The van der Waals surface area contributed by atoms with E-state index in [0.29, 0.717) is 25.1 Å². The Morgan fingerprint density at radius 1 is 1.25 bits per heavy atom. The van der Waals surface area contributed by atoms with E-state index >= 15 is 0 Å². The van der Waals surface area contributed by atoms with Crippen molar-refractivity contribution in [2.45, 2.75) is 32.4 Å². The zero-order valence-electron chi connectivity index (χ0n) is 13.7. The number of thioether (sulfide) groups is 1. The summed E-state index contributed by atoms with van der Waals surface area (Å²) < 4.78 is 5.57. The van der Waals surface area contributed by atoms with Crippen LogP contribution >= 0.6 is 11.8 Å². The molecule has 2 aliphatic heterocycles. The maximum atomic E-state index is 12.6. The number of hydrogen-bond donors (Lipinski definition) is 0. The van der Waals surface area contributed by atoms with Crippen LogP contribution in [0.2, 0.25) is 0 Å². The van der Waals surface area contributed by atoms with Gasteiger partial charge in [-0.25, -0.2) is 0 Å². The first-order valence-electron chi connectivity index (χ1n) is 8.00. The Morgan fingerprint density at radius 2 is 1.96 bits per heavy atom. The van der Waals surface area contributed by atoms with Crippen molar-refractivity contribution in [2.24, 2.45) is 0 Å². The van der Waals surface area contributed by atoms with Crippen molar-refractivity contribution in [3.8, 4) is 5.75 Å². The van der Waals surface area contributed by atoms with Gasteiger partial charge in [0.2, 0.25) is 5.91 Å². The number of carbonyl (C=O) groups is 3. The molecule has 0 bridgehead atoms. The fraction of sp³-hybridized carbons (Fsp3) is 0.471. The van der Waals surface area contributed by atoms with Gasteiger partial charge in [-0.3, -0.25) is 19.3 Å². The fourth-order valence-electron chi connectivity index (χ4n) is 2.98. The molecule has 7 heteroatoms. The second kappa shape index (κ2) is 6.84. The number of hydrogen-bond acceptors (Lipinski definition) is 5. The van der Waals surface area contributed by atoms with Gasteiger partial charge in [0.1, 0.15) is 5.75 Å². The normalized spacial score (nSPS) is 21.0. The molecule has 0 N–H and O–H groups in total. The smallest absolute Gasteiger partial charge is 0.289 e. The average Bonchev–Trinajstić information content (AvgIpc) is 3.13. The zero-order chi connectivity index (χ0) is 17.3. The van der Waals surface area contributed by atoms with Crippen LogP contribution in [0.25, 0.3) is 0 Å². The lowest BCUT2D eigenvalue weighted by molar-refractivity contribution is -0.126. The van der Waals surface area contributed by atoms with Gasteiger partial charge in [-0.2, -0.15) is 0 Å². The average molecular weight is 348 g/mol. The Labute approximate surface area is 145 Å². The summed E-state index contributed by atoms with van der Waals surface area (Å²) in [7, 11) is 0. The van der Waals surface area contributed by atoms with E-state index in [9.17, 15) is 14.4 Å². The van der Waals surface area contributed by atoms with Crippen molar-refractivity contribution < 1.29 is 19.1 Å². The number of amides is 3. The van der Waals surface area contributed by atoms with Crippen molar-refractivity contribution in [2.75, 3.05) is 18.8 Å². The summed E-state index contributed by atoms with van der Waals surface area (Å²) in [5, 5.41) is -0.200. The van der Waals surface area contributed by atoms with Gasteiger partial charge in [-0.1, -0.05) is 11.8 Å². The maximum Gasteiger partial charge on any atom is 0.289 e. The number of imide groups is 1. The number of nitrogens with zero attached hydrogens (tertiary/aromatic N) is 2. The van der Waals surface area contributed by atoms with E-state index in [0.717, 1.165) is 17.5 Å². The third-order valence-electron chi connectivity index (χ3n) is 4.07. The van der Waals surface area contributed by atoms with Gasteiger partial charge in [0.05, 0.1) is 17.9 Å². The molecule has 2 fully saturated rings. The lowest BCUT2D eigenvalue weighted by atomic mass is 10.2. The molecule has 1 aromatic carbocycles. The topological polar surface area (TPSA) is 66.9 Å². The molecule has 3 amide bonds. The SMILES string of the molecule is CC(C)Oc1ccc(C(=O)N2CCC(N3C(=O)CSC3=O)C2)cc1. The Hall–Kier alpha value is -2.02. The molecule has 0 saturated carbocycles. The molecule has 0 spiro atoms. The van der Waals surface area contributed by atoms with Crippen molar-refractivity contribution in [1.82, 2.24) is 9.80 Å². The Morgan fingerprint density at radius 3 is 2.54 bits per heavy atom. The van der Waals surface area contributed by atoms with E-state index in [1.54, 1.807) is 29.2 Å². The highest BCUT2D eigenvalue weighted by atomic mass is 32.2. The van der Waals surface area contributed by atoms with Crippen LogP contribution in [-0.4, -0.2) is 57.8 Å². The molecule has 128 valence electrons. The molecule has 0 radical (unpaired) electrons. The van der Waals surface area contributed by atoms with E-state index in [-0.39, 0.29) is 35.0 Å². The number of rotatable bonds is 4. The second-order valence-electron chi connectivity index (χ2n) is 6.20. The third-order valence-corrected chi connectivity index (χ3v) is 4.91. The van der Waals surface area contributed by atoms with Crippen LogP contribution in [0.1, 0.15) is 30.6 Å². The summed E-state index contributed by atoms with van der Waals surface area (Å²) in [4.78, 5) is 39.2. The van der Waals surface area contributed by atoms with Crippen LogP contribution in [0.15, 0.2) is 24.3 Å². The molecule has 2 aliphatic rings. The van der Waals surface area contributed by atoms with Crippen molar-refractivity contribution in [1.29, 1.82) is 0 Å². The van der Waals surface area contributed by atoms with Gasteiger partial charge in [-0.15, -0.1) is 0 Å². The molecule has 24 heavy (non-hydrogen) atoms. The largest absolute Gasteiger partial charge is 0.491 e. The zero-order valence-corrected chi connectivity index (χ0v) is 14.5. The van der Waals surface area contributed by atoms with Gasteiger partial charge in [-0.05, 0) is 44.5 Å². The molecule has 6 nitrogen and oxygen atoms in total. The predicted octanol–water partition coefficient (Wildman–Crippen LogP) is 2.38. The number of likely N-dealkylation sites (tertiary alicyclic amines) is 1. The Kier molecular flexibility index (Phi) is 4.80. The highest BCUT2D eigenvalue weighted by molar-refractivity contribution is 8.14. The number of carbonyl (C=O) groups excluding carboxylic acids is 3. The molecule has 1 aromatic rings. The summed E-state index contributed by atoms with van der Waals surface area (Å²) >= 11 is 1.03. The molecule has 1 atom stereocenters. The van der Waals surface area contributed by atoms with E-state index in [1.807, 2.05) is 13.8 Å². The number of ether oxygens (including phenoxy) is 1. The quantitative estimate of drug-likeness (QED) is 0.836. The van der Waals surface area contributed by atoms with Gasteiger partial charge in [0, 0.05) is 18.7 Å². The standard InChI is InChI=1S/C17H20N2O4S/c1-11(2)23-14-5-3-12(4-6-14)16(21)18-8-7-13(9-18)19-15(20)10-24-17(19)22/h3-6,11,13H,7-10H2,1-2H3.